The van der Waals surface area contributed by atoms with Crippen molar-refractivity contribution < 1.29 is 32.9 Å². The number of likely N-dealkylation sites (N-methyl/N-ethyl adjacent to an activating group) is 1. The van der Waals surface area contributed by atoms with E-state index in [1.807, 2.05) is 27.2 Å². The first kappa shape index (κ1) is 53.2. The second-order valence-electron chi connectivity index (χ2n) is 17.1. The third kappa shape index (κ3) is 39.5. The summed E-state index contributed by atoms with van der Waals surface area (Å²) in [5.74, 6) is -0.194. The summed E-state index contributed by atoms with van der Waals surface area (Å²) in [6.07, 6.45) is 42.5. The zero-order valence-corrected chi connectivity index (χ0v) is 37.3. The molecule has 0 rings (SSSR count). The van der Waals surface area contributed by atoms with Crippen LogP contribution in [0.4, 0.5) is 0 Å². The van der Waals surface area contributed by atoms with Crippen LogP contribution in [0.15, 0.2) is 12.2 Å². The summed E-state index contributed by atoms with van der Waals surface area (Å²) in [5, 5.41) is 13.8. The minimum absolute atomic E-state index is 0.00215. The van der Waals surface area contributed by atoms with Gasteiger partial charge in [0, 0.05) is 6.42 Å². The molecular weight excluding hydrogens is 695 g/mol. The van der Waals surface area contributed by atoms with E-state index < -0.39 is 20.0 Å². The van der Waals surface area contributed by atoms with Crippen LogP contribution in [0, 0.1) is 0 Å². The summed E-state index contributed by atoms with van der Waals surface area (Å²) in [5.41, 5.74) is 0. The molecule has 2 N–H and O–H groups in total. The lowest BCUT2D eigenvalue weighted by Crippen LogP contribution is -2.45. The molecule has 1 unspecified atom stereocenters. The third-order valence-electron chi connectivity index (χ3n) is 10.5. The highest BCUT2D eigenvalue weighted by molar-refractivity contribution is 7.45. The molecular formula is C45H91N2O6P. The van der Waals surface area contributed by atoms with Gasteiger partial charge in [0.05, 0.1) is 39.9 Å². The number of hydrogen-bond donors (Lipinski definition) is 2. The van der Waals surface area contributed by atoms with Crippen molar-refractivity contribution >= 4 is 13.7 Å². The van der Waals surface area contributed by atoms with Crippen LogP contribution in [-0.4, -0.2) is 68.5 Å². The summed E-state index contributed by atoms with van der Waals surface area (Å²) in [4.78, 5) is 25.3. The maximum absolute atomic E-state index is 12.9. The van der Waals surface area contributed by atoms with Gasteiger partial charge in [0.2, 0.25) is 5.91 Å². The van der Waals surface area contributed by atoms with E-state index in [0.29, 0.717) is 17.4 Å². The first-order valence-electron chi connectivity index (χ1n) is 23.1. The number of carbonyl (C=O) groups is 1. The average molecular weight is 787 g/mol. The van der Waals surface area contributed by atoms with Crippen molar-refractivity contribution in [2.45, 2.75) is 231 Å². The maximum atomic E-state index is 12.9. The number of unbranched alkanes of at least 4 members (excludes halogenated alkanes) is 29. The molecule has 0 radical (unpaired) electrons. The predicted octanol–water partition coefficient (Wildman–Crippen LogP) is 12.1. The lowest BCUT2D eigenvalue weighted by Gasteiger charge is -2.29. The predicted molar refractivity (Wildman–Crippen MR) is 229 cm³/mol. The van der Waals surface area contributed by atoms with Crippen LogP contribution in [0.25, 0.3) is 0 Å². The molecule has 0 aromatic carbocycles. The van der Waals surface area contributed by atoms with E-state index in [4.69, 9.17) is 9.05 Å². The average Bonchev–Trinajstić information content (AvgIpc) is 3.12. The number of nitrogens with one attached hydrogen (secondary N) is 1. The number of aliphatic hydroxyl groups is 1. The summed E-state index contributed by atoms with van der Waals surface area (Å²) in [6.45, 7) is 4.66. The molecule has 0 aliphatic rings. The summed E-state index contributed by atoms with van der Waals surface area (Å²) in [6, 6.07) is -0.879. The third-order valence-corrected chi connectivity index (χ3v) is 11.5. The lowest BCUT2D eigenvalue weighted by atomic mass is 10.0. The number of aliphatic hydroxyl groups excluding tert-OH is 1. The van der Waals surface area contributed by atoms with Crippen molar-refractivity contribution in [2.75, 3.05) is 40.9 Å². The molecule has 0 spiro atoms. The van der Waals surface area contributed by atoms with Crippen LogP contribution in [0.5, 0.6) is 0 Å². The first-order valence-corrected chi connectivity index (χ1v) is 24.5. The number of phosphoric acid groups is 1. The molecule has 9 heteroatoms. The van der Waals surface area contributed by atoms with E-state index >= 15 is 0 Å². The molecule has 54 heavy (non-hydrogen) atoms. The van der Waals surface area contributed by atoms with Gasteiger partial charge in [-0.3, -0.25) is 9.36 Å². The fourth-order valence-corrected chi connectivity index (χ4v) is 7.52. The maximum Gasteiger partial charge on any atom is 0.268 e. The zero-order chi connectivity index (χ0) is 40.0. The van der Waals surface area contributed by atoms with Crippen molar-refractivity contribution in [1.82, 2.24) is 5.32 Å². The molecule has 0 aromatic heterocycles. The number of allylic oxidation sites excluding steroid dienone is 1. The Morgan fingerprint density at radius 2 is 1.00 bits per heavy atom. The number of rotatable bonds is 42. The largest absolute Gasteiger partial charge is 0.756 e. The Labute approximate surface area is 335 Å². The Morgan fingerprint density at radius 1 is 0.630 bits per heavy atom. The van der Waals surface area contributed by atoms with E-state index in [0.717, 1.165) is 38.5 Å². The Balaban J connectivity index is 4.35. The van der Waals surface area contributed by atoms with Crippen LogP contribution in [0.3, 0.4) is 0 Å². The SMILES string of the molecule is CCCCCCCCCCCCCC/C=C/[C@@H](O)[C@H](COP(=O)([O-])OCC[N+](C)(C)C)NC(=O)CCCCCCCCCCCCCCCCCCCC. The highest BCUT2D eigenvalue weighted by Crippen LogP contribution is 2.38. The number of carbonyl (C=O) groups excluding carboxylic acids is 1. The highest BCUT2D eigenvalue weighted by Gasteiger charge is 2.23. The summed E-state index contributed by atoms with van der Waals surface area (Å²) >= 11 is 0. The molecule has 0 saturated heterocycles. The highest BCUT2D eigenvalue weighted by atomic mass is 31.2. The van der Waals surface area contributed by atoms with Crippen molar-refractivity contribution in [2.24, 2.45) is 0 Å². The van der Waals surface area contributed by atoms with E-state index in [1.54, 1.807) is 6.08 Å². The molecule has 0 aliphatic heterocycles. The number of nitrogens with zero attached hydrogens (tertiary/aromatic N) is 1. The molecule has 3 atom stereocenters. The van der Waals surface area contributed by atoms with Crippen molar-refractivity contribution in [1.29, 1.82) is 0 Å². The van der Waals surface area contributed by atoms with Gasteiger partial charge in [-0.15, -0.1) is 0 Å². The molecule has 0 aromatic rings. The van der Waals surface area contributed by atoms with Crippen LogP contribution in [-0.2, 0) is 18.4 Å². The molecule has 0 bridgehead atoms. The van der Waals surface area contributed by atoms with E-state index in [1.165, 1.54) is 161 Å². The molecule has 322 valence electrons. The minimum Gasteiger partial charge on any atom is -0.756 e. The van der Waals surface area contributed by atoms with Crippen LogP contribution < -0.4 is 10.2 Å². The number of quaternary nitrogens is 1. The van der Waals surface area contributed by atoms with Crippen LogP contribution in [0.1, 0.15) is 219 Å². The smallest absolute Gasteiger partial charge is 0.268 e. The standard InChI is InChI=1S/C45H91N2O6P/c1-6-8-10-12-14-16-18-20-22-23-24-25-27-29-31-33-35-37-39-45(49)46-43(42-53-54(50,51)52-41-40-47(3,4)5)44(48)38-36-34-32-30-28-26-21-19-17-15-13-11-9-7-2/h36,38,43-44,48H,6-35,37,39-42H2,1-5H3,(H-,46,49,50,51)/b38-36+/t43-,44+/m0/s1. The summed E-state index contributed by atoms with van der Waals surface area (Å²) < 4.78 is 23.2. The van der Waals surface area contributed by atoms with Gasteiger partial charge in [0.15, 0.2) is 0 Å². The molecule has 0 fully saturated rings. The van der Waals surface area contributed by atoms with Crippen molar-refractivity contribution in [3.05, 3.63) is 12.2 Å². The lowest BCUT2D eigenvalue weighted by molar-refractivity contribution is -0.870. The molecule has 0 saturated carbocycles. The normalized spacial score (nSPS) is 14.4. The minimum atomic E-state index is -4.58. The van der Waals surface area contributed by atoms with Gasteiger partial charge in [-0.2, -0.15) is 0 Å². The van der Waals surface area contributed by atoms with E-state index in [2.05, 4.69) is 19.2 Å². The zero-order valence-electron chi connectivity index (χ0n) is 36.4. The first-order chi connectivity index (χ1) is 26.0. The van der Waals surface area contributed by atoms with E-state index in [9.17, 15) is 19.4 Å². The fourth-order valence-electron chi connectivity index (χ4n) is 6.80. The Bertz CT molecular complexity index is 896. The molecule has 8 nitrogen and oxygen atoms in total. The van der Waals surface area contributed by atoms with Crippen LogP contribution >= 0.6 is 7.82 Å². The molecule has 0 heterocycles. The topological polar surface area (TPSA) is 108 Å². The molecule has 1 amide bonds. The number of hydrogen-bond acceptors (Lipinski definition) is 6. The van der Waals surface area contributed by atoms with Gasteiger partial charge in [0.25, 0.3) is 7.82 Å². The van der Waals surface area contributed by atoms with Gasteiger partial charge in [-0.25, -0.2) is 0 Å². The number of phosphoric ester groups is 1. The van der Waals surface area contributed by atoms with Gasteiger partial charge in [0.1, 0.15) is 13.2 Å². The van der Waals surface area contributed by atoms with Gasteiger partial charge in [-0.05, 0) is 19.3 Å². The number of amides is 1. The van der Waals surface area contributed by atoms with E-state index in [-0.39, 0.29) is 19.1 Å². The second-order valence-corrected chi connectivity index (χ2v) is 18.5. The van der Waals surface area contributed by atoms with Crippen molar-refractivity contribution in [3.63, 3.8) is 0 Å². The Morgan fingerprint density at radius 3 is 1.39 bits per heavy atom. The second kappa shape index (κ2) is 37.8. The van der Waals surface area contributed by atoms with Crippen molar-refractivity contribution in [3.8, 4) is 0 Å². The Kier molecular flexibility index (Phi) is 37.3. The monoisotopic (exact) mass is 787 g/mol. The van der Waals surface area contributed by atoms with Gasteiger partial charge >= 0.3 is 0 Å². The Hall–Kier alpha value is -0.760. The summed E-state index contributed by atoms with van der Waals surface area (Å²) in [7, 11) is 1.27. The fraction of sp³-hybridized carbons (Fsp3) is 0.933. The van der Waals surface area contributed by atoms with Crippen LogP contribution in [0.2, 0.25) is 0 Å². The molecule has 0 aliphatic carbocycles. The van der Waals surface area contributed by atoms with Gasteiger partial charge in [-0.1, -0.05) is 206 Å². The quantitative estimate of drug-likeness (QED) is 0.0276. The van der Waals surface area contributed by atoms with Gasteiger partial charge < -0.3 is 28.8 Å².